The summed E-state index contributed by atoms with van der Waals surface area (Å²) in [6.07, 6.45) is 0.562. The molecule has 0 aliphatic rings. The highest BCUT2D eigenvalue weighted by atomic mass is 127. The van der Waals surface area contributed by atoms with E-state index in [1.54, 1.807) is 0 Å². The molecule has 0 heterocycles. The third-order valence-corrected chi connectivity index (χ3v) is 3.18. The normalized spacial score (nSPS) is 10.5. The molecule has 1 N–H and O–H groups in total. The van der Waals surface area contributed by atoms with E-state index in [4.69, 9.17) is 0 Å². The molecule has 0 saturated carbocycles. The molecule has 1 amide bonds. The summed E-state index contributed by atoms with van der Waals surface area (Å²) in [4.78, 5) is 11.5. The van der Waals surface area contributed by atoms with Gasteiger partial charge in [-0.15, -0.1) is 0 Å². The fourth-order valence-corrected chi connectivity index (χ4v) is 2.60. The Hall–Kier alpha value is -0.100. The quantitative estimate of drug-likeness (QED) is 0.786. The van der Waals surface area contributed by atoms with Crippen LogP contribution >= 0.6 is 38.5 Å². The maximum atomic E-state index is 11.5. The summed E-state index contributed by atoms with van der Waals surface area (Å²) in [7, 11) is 0. The first-order valence-corrected chi connectivity index (χ1v) is 6.61. The lowest BCUT2D eigenvalue weighted by Gasteiger charge is -2.09. The van der Waals surface area contributed by atoms with Gasteiger partial charge >= 0.3 is 0 Å². The first-order chi connectivity index (χ1) is 6.99. The zero-order chi connectivity index (χ0) is 11.4. The number of rotatable bonds is 3. The SMILES string of the molecule is CC(C)CC(=O)Nc1ccc(Br)cc1I. The number of benzene rings is 1. The van der Waals surface area contributed by atoms with Crippen LogP contribution in [0, 0.1) is 9.49 Å². The van der Waals surface area contributed by atoms with Crippen LogP contribution in [0.4, 0.5) is 5.69 Å². The van der Waals surface area contributed by atoms with Gasteiger partial charge < -0.3 is 5.32 Å². The molecule has 0 radical (unpaired) electrons. The first kappa shape index (κ1) is 13.0. The Kier molecular flexibility index (Phi) is 5.05. The predicted octanol–water partition coefficient (Wildman–Crippen LogP) is 4.04. The minimum atomic E-state index is 0.0743. The largest absolute Gasteiger partial charge is 0.325 e. The highest BCUT2D eigenvalue weighted by molar-refractivity contribution is 14.1. The Bertz CT molecular complexity index is 366. The number of amides is 1. The van der Waals surface area contributed by atoms with E-state index in [0.29, 0.717) is 12.3 Å². The Labute approximate surface area is 112 Å². The molecule has 0 saturated heterocycles. The number of nitrogens with one attached hydrogen (secondary N) is 1. The zero-order valence-electron chi connectivity index (χ0n) is 8.68. The van der Waals surface area contributed by atoms with Gasteiger partial charge in [0.05, 0.1) is 5.69 Å². The van der Waals surface area contributed by atoms with Crippen molar-refractivity contribution in [3.05, 3.63) is 26.2 Å². The summed E-state index contributed by atoms with van der Waals surface area (Å²) < 4.78 is 2.06. The Morgan fingerprint density at radius 1 is 1.53 bits per heavy atom. The van der Waals surface area contributed by atoms with Crippen LogP contribution in [0.25, 0.3) is 0 Å². The van der Waals surface area contributed by atoms with E-state index in [9.17, 15) is 4.79 Å². The highest BCUT2D eigenvalue weighted by Gasteiger charge is 2.07. The van der Waals surface area contributed by atoms with Gasteiger partial charge in [-0.3, -0.25) is 4.79 Å². The predicted molar refractivity (Wildman–Crippen MR) is 74.9 cm³/mol. The van der Waals surface area contributed by atoms with E-state index in [-0.39, 0.29) is 5.91 Å². The van der Waals surface area contributed by atoms with Crippen molar-refractivity contribution in [3.8, 4) is 0 Å². The number of carbonyl (C=O) groups excluding carboxylic acids is 1. The average Bonchev–Trinajstić information content (AvgIpc) is 2.08. The van der Waals surface area contributed by atoms with Crippen molar-refractivity contribution in [2.75, 3.05) is 5.32 Å². The average molecular weight is 382 g/mol. The van der Waals surface area contributed by atoms with Crippen molar-refractivity contribution in [1.29, 1.82) is 0 Å². The van der Waals surface area contributed by atoms with E-state index in [2.05, 4.69) is 43.8 Å². The molecule has 4 heteroatoms. The summed E-state index contributed by atoms with van der Waals surface area (Å²) in [5.74, 6) is 0.461. The molecule has 0 aliphatic heterocycles. The van der Waals surface area contributed by atoms with Gasteiger partial charge in [0.25, 0.3) is 0 Å². The van der Waals surface area contributed by atoms with Crippen LogP contribution in [0.3, 0.4) is 0 Å². The number of hydrogen-bond donors (Lipinski definition) is 1. The van der Waals surface area contributed by atoms with E-state index >= 15 is 0 Å². The van der Waals surface area contributed by atoms with Gasteiger partial charge in [-0.25, -0.2) is 0 Å². The van der Waals surface area contributed by atoms with Crippen LogP contribution < -0.4 is 5.32 Å². The van der Waals surface area contributed by atoms with Gasteiger partial charge in [-0.2, -0.15) is 0 Å². The van der Waals surface area contributed by atoms with E-state index < -0.39 is 0 Å². The lowest BCUT2D eigenvalue weighted by atomic mass is 10.1. The van der Waals surface area contributed by atoms with Gasteiger partial charge in [0, 0.05) is 14.5 Å². The van der Waals surface area contributed by atoms with Crippen molar-refractivity contribution >= 4 is 50.1 Å². The van der Waals surface area contributed by atoms with Gasteiger partial charge in [-0.1, -0.05) is 29.8 Å². The second-order valence-electron chi connectivity index (χ2n) is 3.77. The summed E-state index contributed by atoms with van der Waals surface area (Å²) in [6, 6.07) is 5.81. The molecule has 1 rings (SSSR count). The van der Waals surface area contributed by atoms with Gasteiger partial charge in [0.2, 0.25) is 5.91 Å². The monoisotopic (exact) mass is 381 g/mol. The minimum absolute atomic E-state index is 0.0743. The number of anilines is 1. The molecule has 0 fully saturated rings. The maximum absolute atomic E-state index is 11.5. The minimum Gasteiger partial charge on any atom is -0.325 e. The lowest BCUT2D eigenvalue weighted by Crippen LogP contribution is -2.14. The van der Waals surface area contributed by atoms with E-state index in [1.807, 2.05) is 32.0 Å². The number of carbonyl (C=O) groups is 1. The third-order valence-electron chi connectivity index (χ3n) is 1.80. The van der Waals surface area contributed by atoms with Gasteiger partial charge in [0.15, 0.2) is 0 Å². The second kappa shape index (κ2) is 5.84. The molecule has 0 bridgehead atoms. The van der Waals surface area contributed by atoms with Crippen LogP contribution in [0.5, 0.6) is 0 Å². The van der Waals surface area contributed by atoms with Crippen LogP contribution in [0.2, 0.25) is 0 Å². The topological polar surface area (TPSA) is 29.1 Å². The lowest BCUT2D eigenvalue weighted by molar-refractivity contribution is -0.116. The standard InChI is InChI=1S/C11H13BrINO/c1-7(2)5-11(15)14-10-4-3-8(12)6-9(10)13/h3-4,6-7H,5H2,1-2H3,(H,14,15). The molecule has 0 spiro atoms. The molecule has 2 nitrogen and oxygen atoms in total. The van der Waals surface area contributed by atoms with Crippen molar-refractivity contribution in [2.24, 2.45) is 5.92 Å². The van der Waals surface area contributed by atoms with Gasteiger partial charge in [-0.05, 0) is 46.7 Å². The molecular formula is C11H13BrINO. The molecule has 0 aromatic heterocycles. The molecule has 0 atom stereocenters. The molecular weight excluding hydrogens is 369 g/mol. The second-order valence-corrected chi connectivity index (χ2v) is 5.85. The third kappa shape index (κ3) is 4.51. The van der Waals surface area contributed by atoms with Crippen LogP contribution in [0.15, 0.2) is 22.7 Å². The molecule has 15 heavy (non-hydrogen) atoms. The molecule has 1 aromatic carbocycles. The van der Waals surface area contributed by atoms with Gasteiger partial charge in [0.1, 0.15) is 0 Å². The first-order valence-electron chi connectivity index (χ1n) is 4.74. The molecule has 82 valence electrons. The Morgan fingerprint density at radius 2 is 2.20 bits per heavy atom. The fraction of sp³-hybridized carbons (Fsp3) is 0.364. The Morgan fingerprint density at radius 3 is 2.73 bits per heavy atom. The number of halogens is 2. The number of hydrogen-bond acceptors (Lipinski definition) is 1. The maximum Gasteiger partial charge on any atom is 0.224 e. The summed E-state index contributed by atoms with van der Waals surface area (Å²) >= 11 is 5.59. The van der Waals surface area contributed by atoms with Crippen molar-refractivity contribution in [2.45, 2.75) is 20.3 Å². The Balaban J connectivity index is 2.68. The smallest absolute Gasteiger partial charge is 0.224 e. The molecule has 0 unspecified atom stereocenters. The van der Waals surface area contributed by atoms with Crippen molar-refractivity contribution < 1.29 is 4.79 Å². The van der Waals surface area contributed by atoms with E-state index in [0.717, 1.165) is 13.7 Å². The van der Waals surface area contributed by atoms with Crippen LogP contribution in [0.1, 0.15) is 20.3 Å². The summed E-state index contributed by atoms with van der Waals surface area (Å²) in [5, 5.41) is 2.90. The van der Waals surface area contributed by atoms with Crippen molar-refractivity contribution in [1.82, 2.24) is 0 Å². The zero-order valence-corrected chi connectivity index (χ0v) is 12.4. The van der Waals surface area contributed by atoms with Crippen molar-refractivity contribution in [3.63, 3.8) is 0 Å². The van der Waals surface area contributed by atoms with Crippen LogP contribution in [-0.4, -0.2) is 5.91 Å². The summed E-state index contributed by atoms with van der Waals surface area (Å²) in [5.41, 5.74) is 0.879. The molecule has 0 aliphatic carbocycles. The van der Waals surface area contributed by atoms with Crippen LogP contribution in [-0.2, 0) is 4.79 Å². The molecule has 1 aromatic rings. The highest BCUT2D eigenvalue weighted by Crippen LogP contribution is 2.22. The fourth-order valence-electron chi connectivity index (χ4n) is 1.16. The summed E-state index contributed by atoms with van der Waals surface area (Å²) in [6.45, 7) is 4.07. The van der Waals surface area contributed by atoms with E-state index in [1.165, 1.54) is 0 Å².